The second-order valence-electron chi connectivity index (χ2n) is 7.41. The van der Waals surface area contributed by atoms with Gasteiger partial charge in [-0.3, -0.25) is 9.80 Å². The minimum absolute atomic E-state index is 0.0852. The van der Waals surface area contributed by atoms with E-state index in [1.54, 1.807) is 0 Å². The zero-order valence-corrected chi connectivity index (χ0v) is 14.0. The average Bonchev–Trinajstić information content (AvgIpc) is 2.91. The number of carbonyl (C=O) groups excluding carboxylic acids is 1. The quantitative estimate of drug-likeness (QED) is 0.669. The molecule has 0 saturated heterocycles. The molecule has 1 saturated carbocycles. The maximum Gasteiger partial charge on any atom is 0.329 e. The van der Waals surface area contributed by atoms with Gasteiger partial charge in [-0.05, 0) is 36.1 Å². The normalized spacial score (nSPS) is 23.9. The highest BCUT2D eigenvalue weighted by atomic mass is 16.2. The predicted octanol–water partition coefficient (Wildman–Crippen LogP) is 5.02. The SMILES string of the molecule is CN1C(=O)N2c3ccccc3C3(CCCCC3)C2c2ccccc21. The first-order chi connectivity index (χ1) is 11.7. The molecular formula is C21H22N2O. The molecule has 0 N–H and O–H groups in total. The molecule has 5 rings (SSSR count). The summed E-state index contributed by atoms with van der Waals surface area (Å²) in [5, 5.41) is 0. The molecule has 1 unspecified atom stereocenters. The first kappa shape index (κ1) is 14.1. The second-order valence-corrected chi connectivity index (χ2v) is 7.41. The lowest BCUT2D eigenvalue weighted by Crippen LogP contribution is -2.50. The molecule has 1 aliphatic carbocycles. The van der Waals surface area contributed by atoms with E-state index in [9.17, 15) is 4.79 Å². The fourth-order valence-electron chi connectivity index (χ4n) is 5.30. The zero-order valence-electron chi connectivity index (χ0n) is 14.0. The lowest BCUT2D eigenvalue weighted by atomic mass is 9.64. The summed E-state index contributed by atoms with van der Waals surface area (Å²) in [6, 6.07) is 17.3. The molecule has 2 heterocycles. The third-order valence-corrected chi connectivity index (χ3v) is 6.31. The van der Waals surface area contributed by atoms with Gasteiger partial charge in [-0.1, -0.05) is 55.7 Å². The summed E-state index contributed by atoms with van der Waals surface area (Å²) in [5.74, 6) is 0. The summed E-state index contributed by atoms with van der Waals surface area (Å²) >= 11 is 0. The molecule has 122 valence electrons. The summed E-state index contributed by atoms with van der Waals surface area (Å²) in [6.07, 6.45) is 6.18. The number of hydrogen-bond donors (Lipinski definition) is 0. The fraction of sp³-hybridized carbons (Fsp3) is 0.381. The molecule has 3 aliphatic rings. The number of benzene rings is 2. The maximum absolute atomic E-state index is 13.2. The first-order valence-corrected chi connectivity index (χ1v) is 8.99. The van der Waals surface area contributed by atoms with Crippen molar-refractivity contribution in [3.05, 3.63) is 59.7 Å². The highest BCUT2D eigenvalue weighted by Crippen LogP contribution is 2.61. The topological polar surface area (TPSA) is 23.6 Å². The summed E-state index contributed by atoms with van der Waals surface area (Å²) in [7, 11) is 1.89. The van der Waals surface area contributed by atoms with Crippen molar-refractivity contribution in [3.8, 4) is 0 Å². The van der Waals surface area contributed by atoms with E-state index in [0.717, 1.165) is 11.4 Å². The van der Waals surface area contributed by atoms with Crippen LogP contribution in [0.15, 0.2) is 48.5 Å². The summed E-state index contributed by atoms with van der Waals surface area (Å²) in [4.78, 5) is 17.1. The third kappa shape index (κ3) is 1.60. The van der Waals surface area contributed by atoms with E-state index in [1.807, 2.05) is 18.0 Å². The summed E-state index contributed by atoms with van der Waals surface area (Å²) in [5.41, 5.74) is 4.96. The minimum atomic E-state index is 0.0852. The molecule has 2 aliphatic heterocycles. The van der Waals surface area contributed by atoms with Crippen molar-refractivity contribution < 1.29 is 4.79 Å². The van der Waals surface area contributed by atoms with Gasteiger partial charge in [0.2, 0.25) is 0 Å². The molecule has 1 spiro atoms. The van der Waals surface area contributed by atoms with Gasteiger partial charge in [-0.15, -0.1) is 0 Å². The third-order valence-electron chi connectivity index (χ3n) is 6.31. The van der Waals surface area contributed by atoms with Crippen molar-refractivity contribution >= 4 is 17.4 Å². The number of fused-ring (bicyclic) bond motifs is 7. The van der Waals surface area contributed by atoms with E-state index in [1.165, 1.54) is 43.2 Å². The van der Waals surface area contributed by atoms with E-state index in [-0.39, 0.29) is 17.5 Å². The van der Waals surface area contributed by atoms with Crippen molar-refractivity contribution in [1.29, 1.82) is 0 Å². The number of nitrogens with zero attached hydrogens (tertiary/aromatic N) is 2. The van der Waals surface area contributed by atoms with Crippen molar-refractivity contribution in [3.63, 3.8) is 0 Å². The van der Waals surface area contributed by atoms with Crippen LogP contribution in [0.4, 0.5) is 16.2 Å². The Labute approximate surface area is 142 Å². The number of urea groups is 1. The van der Waals surface area contributed by atoms with E-state index in [4.69, 9.17) is 0 Å². The Morgan fingerprint density at radius 2 is 1.58 bits per heavy atom. The minimum Gasteiger partial charge on any atom is -0.297 e. The lowest BCUT2D eigenvalue weighted by molar-refractivity contribution is 0.228. The number of hydrogen-bond acceptors (Lipinski definition) is 1. The predicted molar refractivity (Wildman–Crippen MR) is 96.7 cm³/mol. The monoisotopic (exact) mass is 318 g/mol. The molecule has 2 aromatic rings. The molecule has 2 amide bonds. The summed E-state index contributed by atoms with van der Waals surface area (Å²) < 4.78 is 0. The summed E-state index contributed by atoms with van der Waals surface area (Å²) in [6.45, 7) is 0. The number of para-hydroxylation sites is 2. The Morgan fingerprint density at radius 3 is 2.38 bits per heavy atom. The Hall–Kier alpha value is -2.29. The molecular weight excluding hydrogens is 296 g/mol. The largest absolute Gasteiger partial charge is 0.329 e. The Bertz CT molecular complexity index is 822. The highest BCUT2D eigenvalue weighted by molar-refractivity contribution is 6.08. The van der Waals surface area contributed by atoms with Crippen LogP contribution in [0.25, 0.3) is 0 Å². The van der Waals surface area contributed by atoms with Crippen LogP contribution >= 0.6 is 0 Å². The van der Waals surface area contributed by atoms with Gasteiger partial charge in [0.25, 0.3) is 0 Å². The van der Waals surface area contributed by atoms with Gasteiger partial charge in [-0.2, -0.15) is 0 Å². The van der Waals surface area contributed by atoms with Crippen molar-refractivity contribution in [2.24, 2.45) is 0 Å². The highest BCUT2D eigenvalue weighted by Gasteiger charge is 2.56. The van der Waals surface area contributed by atoms with Crippen LogP contribution in [0, 0.1) is 0 Å². The molecule has 0 aromatic heterocycles. The average molecular weight is 318 g/mol. The van der Waals surface area contributed by atoms with E-state index >= 15 is 0 Å². The maximum atomic E-state index is 13.2. The molecule has 0 bridgehead atoms. The van der Waals surface area contributed by atoms with Gasteiger partial charge in [-0.25, -0.2) is 4.79 Å². The van der Waals surface area contributed by atoms with E-state index in [0.29, 0.717) is 0 Å². The smallest absolute Gasteiger partial charge is 0.297 e. The van der Waals surface area contributed by atoms with Gasteiger partial charge in [0.15, 0.2) is 0 Å². The molecule has 3 nitrogen and oxygen atoms in total. The van der Waals surface area contributed by atoms with Crippen LogP contribution in [0.1, 0.15) is 49.3 Å². The zero-order chi connectivity index (χ0) is 16.3. The lowest BCUT2D eigenvalue weighted by Gasteiger charge is -2.46. The van der Waals surface area contributed by atoms with Gasteiger partial charge in [0.05, 0.1) is 17.4 Å². The number of rotatable bonds is 0. The van der Waals surface area contributed by atoms with Gasteiger partial charge in [0.1, 0.15) is 0 Å². The van der Waals surface area contributed by atoms with Gasteiger partial charge >= 0.3 is 6.03 Å². The molecule has 1 atom stereocenters. The van der Waals surface area contributed by atoms with Crippen LogP contribution < -0.4 is 9.80 Å². The molecule has 3 heteroatoms. The first-order valence-electron chi connectivity index (χ1n) is 8.99. The Kier molecular flexibility index (Phi) is 2.85. The van der Waals surface area contributed by atoms with Crippen LogP contribution in [0.2, 0.25) is 0 Å². The molecule has 1 fully saturated rings. The van der Waals surface area contributed by atoms with Gasteiger partial charge in [0, 0.05) is 12.5 Å². The van der Waals surface area contributed by atoms with Crippen LogP contribution in [0.5, 0.6) is 0 Å². The Morgan fingerprint density at radius 1 is 0.917 bits per heavy atom. The van der Waals surface area contributed by atoms with E-state index in [2.05, 4.69) is 47.4 Å². The number of anilines is 2. The second kappa shape index (κ2) is 4.85. The number of carbonyl (C=O) groups is 1. The van der Waals surface area contributed by atoms with Crippen LogP contribution in [0.3, 0.4) is 0 Å². The Balaban J connectivity index is 1.81. The van der Waals surface area contributed by atoms with Gasteiger partial charge < -0.3 is 0 Å². The van der Waals surface area contributed by atoms with E-state index < -0.39 is 0 Å². The standard InChI is InChI=1S/C21H22N2O/c1-22-17-11-5-3-9-15(17)19-21(13-7-2-8-14-21)16-10-4-6-12-18(16)23(19)20(22)24/h3-6,9-12,19H,2,7-8,13-14H2,1H3. The number of amides is 2. The molecule has 2 aromatic carbocycles. The van der Waals surface area contributed by atoms with Crippen LogP contribution in [-0.4, -0.2) is 13.1 Å². The molecule has 24 heavy (non-hydrogen) atoms. The fourth-order valence-corrected chi connectivity index (χ4v) is 5.30. The van der Waals surface area contributed by atoms with Crippen molar-refractivity contribution in [1.82, 2.24) is 0 Å². The molecule has 0 radical (unpaired) electrons. The van der Waals surface area contributed by atoms with Crippen molar-refractivity contribution in [2.75, 3.05) is 16.8 Å². The van der Waals surface area contributed by atoms with Crippen molar-refractivity contribution in [2.45, 2.75) is 43.6 Å². The van der Waals surface area contributed by atoms with Crippen LogP contribution in [-0.2, 0) is 5.41 Å².